The SMILES string of the molecule is CCC(CC)(CNC(=O)CC1CCCN(C(=O)NCC(C)C)C1)C(=O)O. The molecule has 1 fully saturated rings. The summed E-state index contributed by atoms with van der Waals surface area (Å²) in [6.07, 6.45) is 3.08. The van der Waals surface area contributed by atoms with Gasteiger partial charge in [-0.3, -0.25) is 9.59 Å². The average molecular weight is 370 g/mol. The molecule has 1 saturated heterocycles. The van der Waals surface area contributed by atoms with E-state index in [2.05, 4.69) is 10.6 Å². The number of nitrogens with one attached hydrogen (secondary N) is 2. The zero-order chi connectivity index (χ0) is 19.7. The van der Waals surface area contributed by atoms with Crippen molar-refractivity contribution in [1.82, 2.24) is 15.5 Å². The number of piperidine rings is 1. The largest absolute Gasteiger partial charge is 0.481 e. The van der Waals surface area contributed by atoms with Gasteiger partial charge in [0.25, 0.3) is 0 Å². The van der Waals surface area contributed by atoms with E-state index < -0.39 is 11.4 Å². The van der Waals surface area contributed by atoms with Gasteiger partial charge < -0.3 is 20.6 Å². The monoisotopic (exact) mass is 369 g/mol. The van der Waals surface area contributed by atoms with Crippen LogP contribution in [0.4, 0.5) is 4.79 Å². The second-order valence-electron chi connectivity index (χ2n) is 7.81. The van der Waals surface area contributed by atoms with Crippen LogP contribution >= 0.6 is 0 Å². The zero-order valence-corrected chi connectivity index (χ0v) is 16.6. The Kier molecular flexibility index (Phi) is 8.88. The molecule has 0 radical (unpaired) electrons. The van der Waals surface area contributed by atoms with Crippen molar-refractivity contribution in [1.29, 1.82) is 0 Å². The molecular weight excluding hydrogens is 334 g/mol. The van der Waals surface area contributed by atoms with Crippen LogP contribution in [0.2, 0.25) is 0 Å². The molecule has 0 aromatic rings. The molecule has 7 nitrogen and oxygen atoms in total. The molecule has 1 heterocycles. The van der Waals surface area contributed by atoms with E-state index in [1.54, 1.807) is 4.90 Å². The number of carbonyl (C=O) groups excluding carboxylic acids is 2. The molecule has 0 saturated carbocycles. The number of urea groups is 1. The second kappa shape index (κ2) is 10.4. The number of nitrogens with zero attached hydrogens (tertiary/aromatic N) is 1. The Morgan fingerprint density at radius 2 is 1.85 bits per heavy atom. The van der Waals surface area contributed by atoms with E-state index in [1.807, 2.05) is 27.7 Å². The third kappa shape index (κ3) is 6.50. The second-order valence-corrected chi connectivity index (χ2v) is 7.81. The number of amides is 3. The molecule has 3 N–H and O–H groups in total. The summed E-state index contributed by atoms with van der Waals surface area (Å²) in [6, 6.07) is -0.0642. The van der Waals surface area contributed by atoms with Crippen molar-refractivity contribution >= 4 is 17.9 Å². The van der Waals surface area contributed by atoms with Gasteiger partial charge in [0.1, 0.15) is 0 Å². The Morgan fingerprint density at radius 3 is 2.38 bits per heavy atom. The van der Waals surface area contributed by atoms with Crippen LogP contribution in [-0.2, 0) is 9.59 Å². The van der Waals surface area contributed by atoms with Crippen molar-refractivity contribution in [2.45, 2.75) is 59.8 Å². The van der Waals surface area contributed by atoms with Gasteiger partial charge in [0.2, 0.25) is 5.91 Å². The number of rotatable bonds is 9. The molecule has 0 bridgehead atoms. The van der Waals surface area contributed by atoms with Crippen molar-refractivity contribution in [2.75, 3.05) is 26.2 Å². The van der Waals surface area contributed by atoms with Gasteiger partial charge in [-0.2, -0.15) is 0 Å². The zero-order valence-electron chi connectivity index (χ0n) is 16.6. The fraction of sp³-hybridized carbons (Fsp3) is 0.842. The van der Waals surface area contributed by atoms with E-state index in [4.69, 9.17) is 0 Å². The minimum absolute atomic E-state index is 0.0642. The van der Waals surface area contributed by atoms with Crippen molar-refractivity contribution in [2.24, 2.45) is 17.3 Å². The van der Waals surface area contributed by atoms with Crippen LogP contribution in [0.3, 0.4) is 0 Å². The summed E-state index contributed by atoms with van der Waals surface area (Å²) < 4.78 is 0. The van der Waals surface area contributed by atoms with Crippen LogP contribution in [0.5, 0.6) is 0 Å². The highest BCUT2D eigenvalue weighted by Gasteiger charge is 2.35. The lowest BCUT2D eigenvalue weighted by Gasteiger charge is -2.33. The lowest BCUT2D eigenvalue weighted by atomic mass is 9.82. The Hall–Kier alpha value is -1.79. The summed E-state index contributed by atoms with van der Waals surface area (Å²) >= 11 is 0. The summed E-state index contributed by atoms with van der Waals surface area (Å²) in [6.45, 7) is 9.85. The number of hydrogen-bond donors (Lipinski definition) is 3. The highest BCUT2D eigenvalue weighted by atomic mass is 16.4. The van der Waals surface area contributed by atoms with Gasteiger partial charge >= 0.3 is 12.0 Å². The van der Waals surface area contributed by atoms with E-state index in [9.17, 15) is 19.5 Å². The van der Waals surface area contributed by atoms with Crippen LogP contribution in [-0.4, -0.2) is 54.1 Å². The number of carboxylic acid groups (broad SMARTS) is 1. The quantitative estimate of drug-likeness (QED) is 0.581. The molecule has 3 amide bonds. The summed E-state index contributed by atoms with van der Waals surface area (Å²) in [5, 5.41) is 15.2. The minimum Gasteiger partial charge on any atom is -0.481 e. The Bertz CT molecular complexity index is 489. The maximum Gasteiger partial charge on any atom is 0.317 e. The molecule has 150 valence electrons. The first-order chi connectivity index (χ1) is 12.2. The van der Waals surface area contributed by atoms with Gasteiger partial charge in [0, 0.05) is 32.6 Å². The topological polar surface area (TPSA) is 98.7 Å². The molecule has 0 aliphatic carbocycles. The number of carboxylic acids is 1. The predicted molar refractivity (Wildman–Crippen MR) is 101 cm³/mol. The number of likely N-dealkylation sites (tertiary alicyclic amines) is 1. The van der Waals surface area contributed by atoms with Crippen LogP contribution in [0.15, 0.2) is 0 Å². The van der Waals surface area contributed by atoms with Crippen LogP contribution in [0.25, 0.3) is 0 Å². The van der Waals surface area contributed by atoms with Crippen molar-refractivity contribution in [3.8, 4) is 0 Å². The Morgan fingerprint density at radius 1 is 1.19 bits per heavy atom. The standard InChI is InChI=1S/C19H35N3O4/c1-5-19(6-2,17(24)25)13-21-16(23)10-15-8-7-9-22(12-15)18(26)20-11-14(3)4/h14-15H,5-13H2,1-4H3,(H,20,26)(H,21,23)(H,24,25). The van der Waals surface area contributed by atoms with E-state index >= 15 is 0 Å². The fourth-order valence-corrected chi connectivity index (χ4v) is 3.30. The van der Waals surface area contributed by atoms with Crippen molar-refractivity contribution in [3.63, 3.8) is 0 Å². The maximum atomic E-state index is 12.3. The van der Waals surface area contributed by atoms with Gasteiger partial charge in [-0.15, -0.1) is 0 Å². The third-order valence-corrected chi connectivity index (χ3v) is 5.37. The number of carbonyl (C=O) groups is 3. The lowest BCUT2D eigenvalue weighted by molar-refractivity contribution is -0.149. The molecule has 1 atom stereocenters. The van der Waals surface area contributed by atoms with Crippen molar-refractivity contribution < 1.29 is 19.5 Å². The molecule has 0 aromatic carbocycles. The minimum atomic E-state index is -0.898. The maximum absolute atomic E-state index is 12.3. The molecule has 7 heteroatoms. The van der Waals surface area contributed by atoms with Gasteiger partial charge in [-0.1, -0.05) is 27.7 Å². The van der Waals surface area contributed by atoms with Gasteiger partial charge in [-0.25, -0.2) is 4.79 Å². The molecule has 26 heavy (non-hydrogen) atoms. The molecule has 1 aliphatic rings. The summed E-state index contributed by atoms with van der Waals surface area (Å²) in [5.41, 5.74) is -0.898. The van der Waals surface area contributed by atoms with Crippen LogP contribution in [0.1, 0.15) is 59.8 Å². The van der Waals surface area contributed by atoms with Gasteiger partial charge in [0.15, 0.2) is 0 Å². The van der Waals surface area contributed by atoms with E-state index in [0.29, 0.717) is 38.3 Å². The highest BCUT2D eigenvalue weighted by Crippen LogP contribution is 2.26. The molecule has 1 aliphatic heterocycles. The van der Waals surface area contributed by atoms with Gasteiger partial charge in [-0.05, 0) is 37.5 Å². The summed E-state index contributed by atoms with van der Waals surface area (Å²) in [5.74, 6) is -0.478. The van der Waals surface area contributed by atoms with E-state index in [0.717, 1.165) is 19.4 Å². The molecule has 1 rings (SSSR count). The number of hydrogen-bond acceptors (Lipinski definition) is 3. The van der Waals surface area contributed by atoms with Crippen LogP contribution in [0, 0.1) is 17.3 Å². The smallest absolute Gasteiger partial charge is 0.317 e. The van der Waals surface area contributed by atoms with E-state index in [1.165, 1.54) is 0 Å². The lowest BCUT2D eigenvalue weighted by Crippen LogP contribution is -2.47. The Labute approximate surface area is 156 Å². The average Bonchev–Trinajstić information content (AvgIpc) is 2.61. The number of aliphatic carboxylic acids is 1. The predicted octanol–water partition coefficient (Wildman–Crippen LogP) is 2.46. The van der Waals surface area contributed by atoms with Gasteiger partial charge in [0.05, 0.1) is 5.41 Å². The fourth-order valence-electron chi connectivity index (χ4n) is 3.30. The first-order valence-electron chi connectivity index (χ1n) is 9.77. The Balaban J connectivity index is 2.48. The summed E-state index contributed by atoms with van der Waals surface area (Å²) in [4.78, 5) is 37.8. The first-order valence-corrected chi connectivity index (χ1v) is 9.77. The van der Waals surface area contributed by atoms with Crippen molar-refractivity contribution in [3.05, 3.63) is 0 Å². The molecule has 0 spiro atoms. The third-order valence-electron chi connectivity index (χ3n) is 5.37. The first kappa shape index (κ1) is 22.3. The normalized spacial score (nSPS) is 17.9. The molecule has 0 aromatic heterocycles. The summed E-state index contributed by atoms with van der Waals surface area (Å²) in [7, 11) is 0. The van der Waals surface area contributed by atoms with E-state index in [-0.39, 0.29) is 24.4 Å². The van der Waals surface area contributed by atoms with Crippen LogP contribution < -0.4 is 10.6 Å². The highest BCUT2D eigenvalue weighted by molar-refractivity contribution is 5.79. The molecular formula is C19H35N3O4. The molecule has 1 unspecified atom stereocenters.